The number of aromatic nitrogens is 2. The summed E-state index contributed by atoms with van der Waals surface area (Å²) < 4.78 is 25.7. The van der Waals surface area contributed by atoms with Crippen molar-refractivity contribution < 1.29 is 18.3 Å². The van der Waals surface area contributed by atoms with Gasteiger partial charge in [-0.15, -0.1) is 0 Å². The van der Waals surface area contributed by atoms with Crippen LogP contribution in [-0.2, 0) is 16.4 Å². The quantitative estimate of drug-likeness (QED) is 0.311. The molecule has 0 bridgehead atoms. The second-order valence-corrected chi connectivity index (χ2v) is 11.7. The molecule has 5 rings (SSSR count). The van der Waals surface area contributed by atoms with Gasteiger partial charge in [-0.2, -0.15) is 0 Å². The van der Waals surface area contributed by atoms with Crippen molar-refractivity contribution in [3.8, 4) is 17.1 Å². The number of carbonyl (C=O) groups is 1. The van der Waals surface area contributed by atoms with E-state index in [2.05, 4.69) is 32.1 Å². The maximum absolute atomic E-state index is 12.9. The summed E-state index contributed by atoms with van der Waals surface area (Å²) in [4.78, 5) is 24.5. The summed E-state index contributed by atoms with van der Waals surface area (Å²) in [6.45, 7) is 4.03. The number of piperazine rings is 1. The molecule has 39 heavy (non-hydrogen) atoms. The van der Waals surface area contributed by atoms with Crippen LogP contribution < -0.4 is 5.32 Å². The molecular weight excluding hydrogens is 514 g/mol. The van der Waals surface area contributed by atoms with Crippen LogP contribution in [0.25, 0.3) is 22.2 Å². The Bertz CT molecular complexity index is 1590. The van der Waals surface area contributed by atoms with Gasteiger partial charge in [-0.05, 0) is 49.1 Å². The molecule has 0 unspecified atom stereocenters. The van der Waals surface area contributed by atoms with Crippen LogP contribution >= 0.6 is 0 Å². The Kier molecular flexibility index (Phi) is 7.67. The molecule has 1 saturated heterocycles. The van der Waals surface area contributed by atoms with E-state index in [1.165, 1.54) is 12.3 Å². The number of nitrogens with one attached hydrogen (secondary N) is 2. The van der Waals surface area contributed by atoms with Gasteiger partial charge in [0, 0.05) is 55.4 Å². The topological polar surface area (TPSA) is 119 Å². The molecule has 0 spiro atoms. The minimum atomic E-state index is -3.57. The maximum Gasteiger partial charge on any atom is 0.251 e. The number of carbonyl (C=O) groups excluding carboxylic acids is 1. The van der Waals surface area contributed by atoms with E-state index >= 15 is 0 Å². The predicted molar refractivity (Wildman–Crippen MR) is 151 cm³/mol. The summed E-state index contributed by atoms with van der Waals surface area (Å²) in [6.07, 6.45) is 4.83. The fraction of sp³-hybridized carbons (Fsp3) is 0.241. The number of rotatable bonds is 8. The summed E-state index contributed by atoms with van der Waals surface area (Å²) >= 11 is 0. The van der Waals surface area contributed by atoms with Crippen molar-refractivity contribution in [3.63, 3.8) is 0 Å². The standard InChI is InChI=1S/C29H31N5O4S/c1-33-13-15-34(16-14-33)12-5-17-39(37,38)23-9-11-26(30-20-23)27-24-18-22(8-10-25(24)32-29(27)36)28(35)31-19-21-6-3-2-4-7-21/h2-12,18,20,32,36H,13-17,19H2,1H3,(H,31,35). The molecule has 0 radical (unpaired) electrons. The average molecular weight is 546 g/mol. The van der Waals surface area contributed by atoms with Crippen LogP contribution in [0.1, 0.15) is 15.9 Å². The van der Waals surface area contributed by atoms with Gasteiger partial charge >= 0.3 is 0 Å². The lowest BCUT2D eigenvalue weighted by Crippen LogP contribution is -2.41. The number of likely N-dealkylation sites (N-methyl/N-ethyl adjacent to an activating group) is 1. The van der Waals surface area contributed by atoms with Gasteiger partial charge in [-0.1, -0.05) is 36.4 Å². The Labute approximate surface area is 227 Å². The van der Waals surface area contributed by atoms with Gasteiger partial charge in [-0.25, -0.2) is 8.42 Å². The predicted octanol–water partition coefficient (Wildman–Crippen LogP) is 3.40. The van der Waals surface area contributed by atoms with Gasteiger partial charge in [0.15, 0.2) is 15.7 Å². The average Bonchev–Trinajstić information content (AvgIpc) is 3.28. The third-order valence-corrected chi connectivity index (χ3v) is 8.45. The molecule has 0 atom stereocenters. The number of benzene rings is 2. The van der Waals surface area contributed by atoms with Gasteiger partial charge in [0.2, 0.25) is 0 Å². The number of sulfone groups is 1. The number of nitrogens with zero attached hydrogens (tertiary/aromatic N) is 3. The minimum absolute atomic E-state index is 0.106. The molecule has 2 aromatic heterocycles. The first-order chi connectivity index (χ1) is 18.8. The fourth-order valence-corrected chi connectivity index (χ4v) is 5.58. The number of H-pyrrole nitrogens is 1. The molecule has 1 aliphatic rings. The first kappa shape index (κ1) is 26.5. The zero-order chi connectivity index (χ0) is 27.4. The zero-order valence-corrected chi connectivity index (χ0v) is 22.5. The SMILES string of the molecule is CN1CCN(C=CCS(=O)(=O)c2ccc(-c3c(O)[nH]c4ccc(C(=O)NCc5ccccc5)cc34)nc2)CC1. The molecule has 4 aromatic rings. The molecule has 0 saturated carbocycles. The Morgan fingerprint density at radius 3 is 2.56 bits per heavy atom. The Morgan fingerprint density at radius 1 is 1.08 bits per heavy atom. The lowest BCUT2D eigenvalue weighted by atomic mass is 10.1. The van der Waals surface area contributed by atoms with Crippen LogP contribution in [0, 0.1) is 0 Å². The van der Waals surface area contributed by atoms with Crippen LogP contribution in [0.3, 0.4) is 0 Å². The van der Waals surface area contributed by atoms with Gasteiger partial charge in [-0.3, -0.25) is 9.78 Å². The fourth-order valence-electron chi connectivity index (χ4n) is 4.56. The highest BCUT2D eigenvalue weighted by Crippen LogP contribution is 2.36. The van der Waals surface area contributed by atoms with Crippen LogP contribution in [0.2, 0.25) is 0 Å². The van der Waals surface area contributed by atoms with Crippen LogP contribution in [0.4, 0.5) is 0 Å². The minimum Gasteiger partial charge on any atom is -0.494 e. The number of aromatic hydroxyl groups is 1. The van der Waals surface area contributed by atoms with Crippen LogP contribution in [0.15, 0.2) is 84.0 Å². The van der Waals surface area contributed by atoms with Crippen molar-refractivity contribution in [2.45, 2.75) is 11.4 Å². The highest BCUT2D eigenvalue weighted by atomic mass is 32.2. The van der Waals surface area contributed by atoms with Gasteiger partial charge in [0.25, 0.3) is 5.91 Å². The van der Waals surface area contributed by atoms with E-state index in [4.69, 9.17) is 0 Å². The Morgan fingerprint density at radius 2 is 1.85 bits per heavy atom. The van der Waals surface area contributed by atoms with E-state index in [0.717, 1.165) is 31.7 Å². The van der Waals surface area contributed by atoms with E-state index < -0.39 is 9.84 Å². The van der Waals surface area contributed by atoms with E-state index in [1.54, 1.807) is 30.3 Å². The molecule has 10 heteroatoms. The second kappa shape index (κ2) is 11.3. The molecule has 1 fully saturated rings. The first-order valence-electron chi connectivity index (χ1n) is 12.8. The number of amides is 1. The van der Waals surface area contributed by atoms with E-state index in [-0.39, 0.29) is 22.4 Å². The summed E-state index contributed by atoms with van der Waals surface area (Å²) in [5, 5.41) is 14.1. The number of hydrogen-bond acceptors (Lipinski definition) is 7. The molecule has 1 amide bonds. The zero-order valence-electron chi connectivity index (χ0n) is 21.7. The number of aromatic amines is 1. The Hall–Kier alpha value is -4.15. The molecule has 0 aliphatic carbocycles. The van der Waals surface area contributed by atoms with Crippen molar-refractivity contribution in [2.75, 3.05) is 39.0 Å². The summed E-state index contributed by atoms with van der Waals surface area (Å²) in [5.41, 5.74) is 2.86. The van der Waals surface area contributed by atoms with Crippen molar-refractivity contribution >= 4 is 26.6 Å². The van der Waals surface area contributed by atoms with E-state index in [1.807, 2.05) is 36.5 Å². The van der Waals surface area contributed by atoms with E-state index in [9.17, 15) is 18.3 Å². The number of hydrogen-bond donors (Lipinski definition) is 3. The lowest BCUT2D eigenvalue weighted by molar-refractivity contribution is 0.0951. The molecule has 3 heterocycles. The smallest absolute Gasteiger partial charge is 0.251 e. The highest BCUT2D eigenvalue weighted by molar-refractivity contribution is 7.91. The van der Waals surface area contributed by atoms with E-state index in [0.29, 0.717) is 34.3 Å². The first-order valence-corrected chi connectivity index (χ1v) is 14.4. The molecule has 2 aromatic carbocycles. The molecule has 9 nitrogen and oxygen atoms in total. The van der Waals surface area contributed by atoms with Crippen molar-refractivity contribution in [3.05, 3.63) is 90.3 Å². The summed E-state index contributed by atoms with van der Waals surface area (Å²) in [7, 11) is -1.50. The maximum atomic E-state index is 12.9. The number of fused-ring (bicyclic) bond motifs is 1. The molecule has 3 N–H and O–H groups in total. The largest absolute Gasteiger partial charge is 0.494 e. The van der Waals surface area contributed by atoms with Crippen molar-refractivity contribution in [2.24, 2.45) is 0 Å². The molecule has 202 valence electrons. The normalized spacial score (nSPS) is 14.7. The van der Waals surface area contributed by atoms with Crippen molar-refractivity contribution in [1.29, 1.82) is 0 Å². The number of pyridine rings is 1. The monoisotopic (exact) mass is 545 g/mol. The highest BCUT2D eigenvalue weighted by Gasteiger charge is 2.19. The molecule has 1 aliphatic heterocycles. The van der Waals surface area contributed by atoms with Gasteiger partial charge in [0.1, 0.15) is 0 Å². The third-order valence-electron chi connectivity index (χ3n) is 6.86. The van der Waals surface area contributed by atoms with Crippen molar-refractivity contribution in [1.82, 2.24) is 25.1 Å². The second-order valence-electron chi connectivity index (χ2n) is 9.66. The summed E-state index contributed by atoms with van der Waals surface area (Å²) in [6, 6.07) is 17.8. The Balaban J connectivity index is 1.32. The molecular formula is C29H31N5O4S. The van der Waals surface area contributed by atoms with Crippen LogP contribution in [-0.4, -0.2) is 78.2 Å². The van der Waals surface area contributed by atoms with Crippen LogP contribution in [0.5, 0.6) is 5.88 Å². The third kappa shape index (κ3) is 6.13. The summed E-state index contributed by atoms with van der Waals surface area (Å²) in [5.74, 6) is -0.475. The lowest BCUT2D eigenvalue weighted by Gasteiger charge is -2.31. The van der Waals surface area contributed by atoms with Gasteiger partial charge in [0.05, 0.1) is 21.9 Å². The van der Waals surface area contributed by atoms with Gasteiger partial charge < -0.3 is 25.2 Å².